The van der Waals surface area contributed by atoms with Gasteiger partial charge in [-0.05, 0) is 44.5 Å². The molecule has 1 N–H and O–H groups in total. The molecule has 124 valence electrons. The highest BCUT2D eigenvalue weighted by atomic mass is 35.5. The molecular weight excluding hydrogens is 316 g/mol. The number of amides is 1. The number of likely N-dealkylation sites (tertiary alicyclic amines) is 1. The second-order valence-corrected chi connectivity index (χ2v) is 5.78. The topological polar surface area (TPSA) is 62.6 Å². The second-order valence-electron chi connectivity index (χ2n) is 5.78. The summed E-state index contributed by atoms with van der Waals surface area (Å²) in [5, 5.41) is 3.95. The van der Waals surface area contributed by atoms with Crippen LogP contribution < -0.4 is 10.9 Å². The van der Waals surface area contributed by atoms with Gasteiger partial charge in [-0.3, -0.25) is 4.79 Å². The SMILES string of the molecule is CNCC1CCN(C(=O)c2cc3ccccc3oc2=O)CC1.Cl. The van der Waals surface area contributed by atoms with Gasteiger partial charge in [0, 0.05) is 18.5 Å². The lowest BCUT2D eigenvalue weighted by Crippen LogP contribution is -2.41. The van der Waals surface area contributed by atoms with E-state index in [4.69, 9.17) is 4.42 Å². The van der Waals surface area contributed by atoms with Crippen LogP contribution in [0.1, 0.15) is 23.2 Å². The summed E-state index contributed by atoms with van der Waals surface area (Å²) in [5.41, 5.74) is 0.0867. The highest BCUT2D eigenvalue weighted by Crippen LogP contribution is 2.19. The predicted molar refractivity (Wildman–Crippen MR) is 92.3 cm³/mol. The number of rotatable bonds is 3. The summed E-state index contributed by atoms with van der Waals surface area (Å²) in [7, 11) is 1.94. The molecule has 6 heteroatoms. The van der Waals surface area contributed by atoms with E-state index in [1.54, 1.807) is 23.1 Å². The van der Waals surface area contributed by atoms with Crippen molar-refractivity contribution in [3.05, 3.63) is 46.3 Å². The van der Waals surface area contributed by atoms with E-state index in [2.05, 4.69) is 5.32 Å². The fourth-order valence-electron chi connectivity index (χ4n) is 3.01. The summed E-state index contributed by atoms with van der Waals surface area (Å²) in [4.78, 5) is 26.4. The van der Waals surface area contributed by atoms with Gasteiger partial charge >= 0.3 is 5.63 Å². The van der Waals surface area contributed by atoms with Crippen molar-refractivity contribution in [1.82, 2.24) is 10.2 Å². The van der Waals surface area contributed by atoms with Gasteiger partial charge < -0.3 is 14.6 Å². The Morgan fingerprint density at radius 1 is 1.30 bits per heavy atom. The van der Waals surface area contributed by atoms with Crippen LogP contribution in [0.15, 0.2) is 39.5 Å². The minimum Gasteiger partial charge on any atom is -0.422 e. The zero-order chi connectivity index (χ0) is 15.5. The van der Waals surface area contributed by atoms with Crippen molar-refractivity contribution in [2.45, 2.75) is 12.8 Å². The van der Waals surface area contributed by atoms with Crippen molar-refractivity contribution in [3.63, 3.8) is 0 Å². The third-order valence-electron chi connectivity index (χ3n) is 4.27. The Balaban J connectivity index is 0.00000192. The number of benzene rings is 1. The van der Waals surface area contributed by atoms with Crippen molar-refractivity contribution >= 4 is 29.3 Å². The number of para-hydroxylation sites is 1. The van der Waals surface area contributed by atoms with Gasteiger partial charge in [0.15, 0.2) is 0 Å². The summed E-state index contributed by atoms with van der Waals surface area (Å²) >= 11 is 0. The van der Waals surface area contributed by atoms with Gasteiger partial charge in [0.05, 0.1) is 0 Å². The van der Waals surface area contributed by atoms with Crippen molar-refractivity contribution in [2.75, 3.05) is 26.7 Å². The van der Waals surface area contributed by atoms with Gasteiger partial charge in [-0.25, -0.2) is 4.79 Å². The van der Waals surface area contributed by atoms with E-state index in [-0.39, 0.29) is 23.9 Å². The molecule has 0 radical (unpaired) electrons. The number of halogens is 1. The van der Waals surface area contributed by atoms with E-state index >= 15 is 0 Å². The Morgan fingerprint density at radius 3 is 2.70 bits per heavy atom. The van der Waals surface area contributed by atoms with Gasteiger partial charge in [0.25, 0.3) is 5.91 Å². The first-order valence-corrected chi connectivity index (χ1v) is 7.66. The molecule has 2 heterocycles. The Labute approximate surface area is 141 Å². The van der Waals surface area contributed by atoms with E-state index in [1.165, 1.54) is 0 Å². The minimum absolute atomic E-state index is 0. The standard InChI is InChI=1S/C17H20N2O3.ClH/c1-18-11-12-6-8-19(9-7-12)16(20)14-10-13-4-2-3-5-15(13)22-17(14)21;/h2-5,10,12,18H,6-9,11H2,1H3;1H. The fraction of sp³-hybridized carbons (Fsp3) is 0.412. The fourth-order valence-corrected chi connectivity index (χ4v) is 3.01. The Kier molecular flexibility index (Phi) is 5.80. The number of nitrogens with one attached hydrogen (secondary N) is 1. The van der Waals surface area contributed by atoms with Gasteiger partial charge in [-0.1, -0.05) is 18.2 Å². The van der Waals surface area contributed by atoms with Crippen molar-refractivity contribution in [1.29, 1.82) is 0 Å². The summed E-state index contributed by atoms with van der Waals surface area (Å²) in [6, 6.07) is 8.88. The number of hydrogen-bond donors (Lipinski definition) is 1. The molecule has 0 bridgehead atoms. The van der Waals surface area contributed by atoms with Crippen molar-refractivity contribution in [2.24, 2.45) is 5.92 Å². The maximum Gasteiger partial charge on any atom is 0.349 e. The third kappa shape index (κ3) is 3.74. The average molecular weight is 337 g/mol. The molecule has 0 aliphatic carbocycles. The first-order chi connectivity index (χ1) is 10.7. The average Bonchev–Trinajstić information content (AvgIpc) is 2.54. The Bertz CT molecular complexity index is 736. The molecule has 1 fully saturated rings. The summed E-state index contributed by atoms with van der Waals surface area (Å²) in [6.45, 7) is 2.36. The van der Waals surface area contributed by atoms with E-state index in [0.29, 0.717) is 24.6 Å². The largest absolute Gasteiger partial charge is 0.422 e. The summed E-state index contributed by atoms with van der Waals surface area (Å²) in [6.07, 6.45) is 1.93. The molecule has 1 aliphatic heterocycles. The van der Waals surface area contributed by atoms with Crippen LogP contribution in [0.25, 0.3) is 11.0 Å². The monoisotopic (exact) mass is 336 g/mol. The zero-order valence-corrected chi connectivity index (χ0v) is 13.9. The minimum atomic E-state index is -0.555. The second kappa shape index (κ2) is 7.62. The van der Waals surface area contributed by atoms with Crippen LogP contribution in [-0.4, -0.2) is 37.5 Å². The van der Waals surface area contributed by atoms with Crippen LogP contribution in [0.3, 0.4) is 0 Å². The molecule has 5 nitrogen and oxygen atoms in total. The predicted octanol–water partition coefficient (Wildman–Crippen LogP) is 2.29. The zero-order valence-electron chi connectivity index (χ0n) is 13.1. The molecule has 1 aromatic carbocycles. The maximum atomic E-state index is 12.6. The highest BCUT2D eigenvalue weighted by molar-refractivity contribution is 5.96. The number of hydrogen-bond acceptors (Lipinski definition) is 4. The molecule has 1 aromatic heterocycles. The molecule has 1 amide bonds. The molecule has 1 aliphatic rings. The molecule has 3 rings (SSSR count). The summed E-state index contributed by atoms with van der Waals surface area (Å²) < 4.78 is 5.25. The first-order valence-electron chi connectivity index (χ1n) is 7.66. The van der Waals surface area contributed by atoms with Crippen LogP contribution in [-0.2, 0) is 0 Å². The normalized spacial score (nSPS) is 15.4. The van der Waals surface area contributed by atoms with E-state index in [0.717, 1.165) is 24.8 Å². The Hall–Kier alpha value is -1.85. The van der Waals surface area contributed by atoms with E-state index < -0.39 is 5.63 Å². The lowest BCUT2D eigenvalue weighted by Gasteiger charge is -2.31. The molecular formula is C17H21ClN2O3. The van der Waals surface area contributed by atoms with Crippen molar-refractivity contribution < 1.29 is 9.21 Å². The van der Waals surface area contributed by atoms with Crippen LogP contribution in [0.2, 0.25) is 0 Å². The van der Waals surface area contributed by atoms with Crippen molar-refractivity contribution in [3.8, 4) is 0 Å². The highest BCUT2D eigenvalue weighted by Gasteiger charge is 2.25. The molecule has 1 saturated heterocycles. The molecule has 23 heavy (non-hydrogen) atoms. The van der Waals surface area contributed by atoms with E-state index in [9.17, 15) is 9.59 Å². The first kappa shape index (κ1) is 17.5. The lowest BCUT2D eigenvalue weighted by molar-refractivity contribution is 0.0687. The maximum absolute atomic E-state index is 12.6. The van der Waals surface area contributed by atoms with E-state index in [1.807, 2.05) is 19.2 Å². The van der Waals surface area contributed by atoms with Gasteiger partial charge in [0.2, 0.25) is 0 Å². The molecule has 0 unspecified atom stereocenters. The van der Waals surface area contributed by atoms with Gasteiger partial charge in [0.1, 0.15) is 11.1 Å². The summed E-state index contributed by atoms with van der Waals surface area (Å²) in [5.74, 6) is 0.379. The van der Waals surface area contributed by atoms with Gasteiger partial charge in [-0.15, -0.1) is 12.4 Å². The smallest absolute Gasteiger partial charge is 0.349 e. The van der Waals surface area contributed by atoms with Crippen LogP contribution >= 0.6 is 12.4 Å². The molecule has 0 atom stereocenters. The Morgan fingerprint density at radius 2 is 2.00 bits per heavy atom. The number of carbonyl (C=O) groups excluding carboxylic acids is 1. The van der Waals surface area contributed by atoms with Crippen LogP contribution in [0.5, 0.6) is 0 Å². The number of fused-ring (bicyclic) bond motifs is 1. The molecule has 2 aromatic rings. The quantitative estimate of drug-likeness (QED) is 0.873. The molecule has 0 saturated carbocycles. The van der Waals surface area contributed by atoms with Crippen LogP contribution in [0.4, 0.5) is 0 Å². The van der Waals surface area contributed by atoms with Gasteiger partial charge in [-0.2, -0.15) is 0 Å². The number of carbonyl (C=O) groups is 1. The van der Waals surface area contributed by atoms with Crippen LogP contribution in [0, 0.1) is 5.92 Å². The third-order valence-corrected chi connectivity index (χ3v) is 4.27. The number of piperidine rings is 1. The molecule has 0 spiro atoms. The lowest BCUT2D eigenvalue weighted by atomic mass is 9.96. The number of nitrogens with zero attached hydrogens (tertiary/aromatic N) is 1.